The molecule has 0 N–H and O–H groups in total. The number of rotatable bonds is 6. The number of benzene rings is 12. The molecule has 1 spiro atoms. The van der Waals surface area contributed by atoms with Crippen molar-refractivity contribution < 1.29 is 17.7 Å². The molecule has 6 heteroatoms. The quantitative estimate of drug-likeness (QED) is 0.165. The van der Waals surface area contributed by atoms with Gasteiger partial charge in [0, 0.05) is 78.3 Å². The van der Waals surface area contributed by atoms with E-state index in [1.54, 1.807) is 0 Å². The van der Waals surface area contributed by atoms with Gasteiger partial charge in [-0.2, -0.15) is 0 Å². The molecule has 4 aromatic heterocycles. The van der Waals surface area contributed by atoms with Crippen LogP contribution in [0.5, 0.6) is 0 Å². The Morgan fingerprint density at radius 2 is 0.621 bits per heavy atom. The van der Waals surface area contributed by atoms with Crippen molar-refractivity contribution in [3.8, 4) is 22.3 Å². The predicted molar refractivity (Wildman–Crippen MR) is 359 cm³/mol. The van der Waals surface area contributed by atoms with Gasteiger partial charge < -0.3 is 27.5 Å². The zero-order valence-corrected chi connectivity index (χ0v) is 49.1. The average molecular weight is 1120 g/mol. The molecule has 0 unspecified atom stereocenters. The van der Waals surface area contributed by atoms with E-state index in [1.807, 2.05) is 12.1 Å². The molecule has 0 fully saturated rings. The van der Waals surface area contributed by atoms with Gasteiger partial charge in [-0.15, -0.1) is 0 Å². The van der Waals surface area contributed by atoms with E-state index in [0.29, 0.717) is 0 Å². The van der Waals surface area contributed by atoms with Gasteiger partial charge in [0.1, 0.15) is 44.7 Å². The van der Waals surface area contributed by atoms with Crippen LogP contribution in [0.1, 0.15) is 74.9 Å². The van der Waals surface area contributed by atoms with Crippen molar-refractivity contribution in [1.29, 1.82) is 0 Å². The molecule has 4 heterocycles. The minimum absolute atomic E-state index is 0.0635. The van der Waals surface area contributed by atoms with Crippen LogP contribution >= 0.6 is 0 Å². The van der Waals surface area contributed by atoms with Gasteiger partial charge >= 0.3 is 0 Å². The van der Waals surface area contributed by atoms with Crippen LogP contribution in [0.2, 0.25) is 0 Å². The van der Waals surface area contributed by atoms with E-state index in [-0.39, 0.29) is 10.8 Å². The highest BCUT2D eigenvalue weighted by molar-refractivity contribution is 6.26. The number of hydrogen-bond acceptors (Lipinski definition) is 6. The molecular weight excluding hydrogens is 1060 g/mol. The molecule has 0 saturated heterocycles. The third-order valence-electron chi connectivity index (χ3n) is 19.0. The second-order valence-electron chi connectivity index (χ2n) is 25.9. The lowest BCUT2D eigenvalue weighted by Gasteiger charge is -2.34. The topological polar surface area (TPSA) is 59.0 Å². The zero-order chi connectivity index (χ0) is 58.2. The van der Waals surface area contributed by atoms with Crippen LogP contribution in [0.4, 0.5) is 34.1 Å². The number of fused-ring (bicyclic) bond motifs is 24. The highest BCUT2D eigenvalue weighted by Crippen LogP contribution is 2.68. The van der Waals surface area contributed by atoms with E-state index >= 15 is 0 Å². The van der Waals surface area contributed by atoms with Gasteiger partial charge in [0.2, 0.25) is 0 Å². The van der Waals surface area contributed by atoms with Crippen molar-refractivity contribution in [3.05, 3.63) is 276 Å². The first kappa shape index (κ1) is 49.8. The van der Waals surface area contributed by atoms with Gasteiger partial charge in [-0.25, -0.2) is 0 Å². The molecule has 0 radical (unpaired) electrons. The Balaban J connectivity index is 1.00. The summed E-state index contributed by atoms with van der Waals surface area (Å²) in [5, 5.41) is 8.36. The lowest BCUT2D eigenvalue weighted by molar-refractivity contribution is 0.590. The fraction of sp³-hybridized carbons (Fsp3) is 0.111. The first-order valence-corrected chi connectivity index (χ1v) is 30.2. The normalized spacial score (nSPS) is 13.5. The van der Waals surface area contributed by atoms with E-state index in [2.05, 4.69) is 282 Å². The van der Waals surface area contributed by atoms with Gasteiger partial charge in [0.05, 0.1) is 27.6 Å². The third-order valence-corrected chi connectivity index (χ3v) is 19.0. The fourth-order valence-electron chi connectivity index (χ4n) is 14.9. The molecule has 0 aliphatic heterocycles. The summed E-state index contributed by atoms with van der Waals surface area (Å²) in [7, 11) is 0. The Hall–Kier alpha value is -10.6. The molecule has 12 aromatic carbocycles. The number of nitrogens with zero attached hydrogens (tertiary/aromatic N) is 2. The molecule has 0 saturated carbocycles. The van der Waals surface area contributed by atoms with Crippen molar-refractivity contribution in [1.82, 2.24) is 0 Å². The lowest BCUT2D eigenvalue weighted by Crippen LogP contribution is -2.26. The van der Waals surface area contributed by atoms with E-state index in [9.17, 15) is 0 Å². The summed E-state index contributed by atoms with van der Waals surface area (Å²) in [5.41, 5.74) is 23.0. The van der Waals surface area contributed by atoms with Gasteiger partial charge in [0.15, 0.2) is 0 Å². The Morgan fingerprint density at radius 1 is 0.287 bits per heavy atom. The highest BCUT2D eigenvalue weighted by Gasteiger charge is 2.55. The highest BCUT2D eigenvalue weighted by atomic mass is 16.3. The lowest BCUT2D eigenvalue weighted by atomic mass is 9.70. The minimum atomic E-state index is -0.892. The molecule has 2 aliphatic rings. The second-order valence-corrected chi connectivity index (χ2v) is 25.9. The Kier molecular flexibility index (Phi) is 10.2. The smallest absolute Gasteiger partial charge is 0.145 e. The summed E-state index contributed by atoms with van der Waals surface area (Å²) in [4.78, 5) is 4.87. The predicted octanol–water partition coefficient (Wildman–Crippen LogP) is 23.2. The molecule has 16 aromatic rings. The van der Waals surface area contributed by atoms with Crippen LogP contribution in [0.25, 0.3) is 110 Å². The van der Waals surface area contributed by atoms with Crippen LogP contribution < -0.4 is 9.80 Å². The van der Waals surface area contributed by atoms with E-state index in [4.69, 9.17) is 17.7 Å². The molecule has 0 amide bonds. The molecule has 18 rings (SSSR count). The number of furan rings is 4. The maximum Gasteiger partial charge on any atom is 0.145 e. The van der Waals surface area contributed by atoms with E-state index in [0.717, 1.165) is 144 Å². The van der Waals surface area contributed by atoms with E-state index in [1.165, 1.54) is 33.4 Å². The fourth-order valence-corrected chi connectivity index (χ4v) is 14.9. The number of hydrogen-bond donors (Lipinski definition) is 0. The monoisotopic (exact) mass is 1120 g/mol. The van der Waals surface area contributed by atoms with Gasteiger partial charge in [-0.05, 0) is 140 Å². The van der Waals surface area contributed by atoms with Crippen LogP contribution in [0.3, 0.4) is 0 Å². The SMILES string of the molecule is CC(C)(C)c1ccc(N(c2ccc3c(c2)oc2ccccc23)c2cc3c(c4oc5ccccc5c24)-c2c(cc(N(c4ccc(C(C)(C)C)cc4)c4ccc5c(c4)oc4ccccc45)c4c2oc2ccccc24)C32c3ccccc3-c3ccccc32)cc1. The molecule has 0 atom stereocenters. The third kappa shape index (κ3) is 6.98. The van der Waals surface area contributed by atoms with Crippen molar-refractivity contribution >= 4 is 122 Å². The van der Waals surface area contributed by atoms with Crippen molar-refractivity contribution in [3.63, 3.8) is 0 Å². The van der Waals surface area contributed by atoms with Crippen LogP contribution in [0.15, 0.2) is 260 Å². The Morgan fingerprint density at radius 3 is 1.02 bits per heavy atom. The average Bonchev–Trinajstić information content (AvgIpc) is 1.50. The van der Waals surface area contributed by atoms with Gasteiger partial charge in [0.25, 0.3) is 0 Å². The summed E-state index contributed by atoms with van der Waals surface area (Å²) in [6.45, 7) is 13.6. The Bertz CT molecular complexity index is 5210. The van der Waals surface area contributed by atoms with Crippen molar-refractivity contribution in [2.75, 3.05) is 9.80 Å². The minimum Gasteiger partial charge on any atom is -0.456 e. The summed E-state index contributed by atoms with van der Waals surface area (Å²) in [5.74, 6) is 0. The largest absolute Gasteiger partial charge is 0.456 e. The molecular formula is C81H58N2O4. The Labute approximate surface area is 502 Å². The number of para-hydroxylation sites is 4. The molecule has 87 heavy (non-hydrogen) atoms. The standard InChI is InChI=1S/C81H58N2O4/c1-79(2,3)47-31-35-49(36-32-47)82(51-39-41-57-55-21-9-15-27-67(55)84-71(57)43-51)65-45-63-75(77-73(65)59-23-11-17-29-69(59)86-77)76-64(81(63)61-25-13-7-19-53(61)54-20-8-14-26-62(54)81)46-66(74-60-24-12-18-30-70(60)87-78(74)76)83(50-37-33-48(34-38-50)80(4,5)6)52-40-42-58-56-22-10-16-28-68(56)85-72(58)44-52/h7-46H,1-6H3. The van der Waals surface area contributed by atoms with Gasteiger partial charge in [-0.3, -0.25) is 0 Å². The van der Waals surface area contributed by atoms with Crippen molar-refractivity contribution in [2.45, 2.75) is 57.8 Å². The first-order valence-electron chi connectivity index (χ1n) is 30.2. The zero-order valence-electron chi connectivity index (χ0n) is 49.1. The summed E-state index contributed by atoms with van der Waals surface area (Å²) in [6, 6.07) is 88.5. The first-order chi connectivity index (χ1) is 42.4. The maximum atomic E-state index is 7.60. The van der Waals surface area contributed by atoms with E-state index < -0.39 is 5.41 Å². The molecule has 6 nitrogen and oxygen atoms in total. The maximum absolute atomic E-state index is 7.60. The van der Waals surface area contributed by atoms with Crippen molar-refractivity contribution in [2.24, 2.45) is 0 Å². The summed E-state index contributed by atoms with van der Waals surface area (Å²) in [6.07, 6.45) is 0. The summed E-state index contributed by atoms with van der Waals surface area (Å²) < 4.78 is 28.7. The van der Waals surface area contributed by atoms with Gasteiger partial charge in [-0.1, -0.05) is 187 Å². The van der Waals surface area contributed by atoms with Crippen LogP contribution in [0, 0.1) is 0 Å². The summed E-state index contributed by atoms with van der Waals surface area (Å²) >= 11 is 0. The van der Waals surface area contributed by atoms with Crippen LogP contribution in [-0.4, -0.2) is 0 Å². The molecule has 416 valence electrons. The van der Waals surface area contributed by atoms with Crippen LogP contribution in [-0.2, 0) is 16.2 Å². The molecule has 2 aliphatic carbocycles. The second kappa shape index (κ2) is 17.8. The number of anilines is 6. The molecule has 0 bridgehead atoms.